The summed E-state index contributed by atoms with van der Waals surface area (Å²) in [4.78, 5) is 21.6. The van der Waals surface area contributed by atoms with Gasteiger partial charge in [0.1, 0.15) is 5.75 Å². The van der Waals surface area contributed by atoms with Crippen molar-refractivity contribution in [1.82, 2.24) is 10.9 Å². The summed E-state index contributed by atoms with van der Waals surface area (Å²) < 4.78 is 11.2. The summed E-state index contributed by atoms with van der Waals surface area (Å²) in [5.74, 6) is -0.894. The molecule has 3 aromatic rings. The predicted octanol–water partition coefficient (Wildman–Crippen LogP) is 1.21. The number of ether oxygens (including phenoxy) is 1. The maximum Gasteiger partial charge on any atom is 0.380 e. The lowest BCUT2D eigenvalue weighted by Gasteiger charge is -2.15. The van der Waals surface area contributed by atoms with Crippen LogP contribution in [0.1, 0.15) is 11.3 Å². The van der Waals surface area contributed by atoms with Crippen molar-refractivity contribution in [2.75, 3.05) is 12.1 Å². The van der Waals surface area contributed by atoms with Gasteiger partial charge in [-0.15, -0.1) is 10.2 Å². The van der Waals surface area contributed by atoms with Crippen LogP contribution in [0.5, 0.6) is 11.7 Å². The second-order valence-corrected chi connectivity index (χ2v) is 6.78. The zero-order valence-corrected chi connectivity index (χ0v) is 16.8. The topological polar surface area (TPSA) is 141 Å². The Bertz CT molecular complexity index is 1290. The molecule has 0 radical (unpaired) electrons. The summed E-state index contributed by atoms with van der Waals surface area (Å²) in [6, 6.07) is 14.1. The molecule has 1 N–H and O–H groups in total. The number of hydrazine groups is 1. The summed E-state index contributed by atoms with van der Waals surface area (Å²) in [5, 5.41) is 25.4. The van der Waals surface area contributed by atoms with E-state index >= 15 is 0 Å². The lowest BCUT2D eigenvalue weighted by atomic mass is 10.2. The lowest BCUT2D eigenvalue weighted by molar-refractivity contribution is -0.671. The maximum atomic E-state index is 12.4. The van der Waals surface area contributed by atoms with Gasteiger partial charge in [-0.2, -0.15) is 4.99 Å². The molecule has 0 unspecified atom stereocenters. The Morgan fingerprint density at radius 3 is 2.56 bits per heavy atom. The number of methoxy groups -OCH3 is 1. The van der Waals surface area contributed by atoms with Crippen LogP contribution in [0.25, 0.3) is 5.69 Å². The Balaban J connectivity index is 1.55. The predicted molar refractivity (Wildman–Crippen MR) is 105 cm³/mol. The van der Waals surface area contributed by atoms with Gasteiger partial charge in [-0.1, -0.05) is 23.3 Å². The summed E-state index contributed by atoms with van der Waals surface area (Å²) in [5.41, 5.74) is 4.67. The fourth-order valence-electron chi connectivity index (χ4n) is 3.11. The zero-order valence-electron chi connectivity index (χ0n) is 16.8. The van der Waals surface area contributed by atoms with Crippen LogP contribution >= 0.6 is 0 Å². The van der Waals surface area contributed by atoms with E-state index < -0.39 is 11.9 Å². The highest BCUT2D eigenvalue weighted by Gasteiger charge is 2.36. The Morgan fingerprint density at radius 1 is 1.09 bits per heavy atom. The zero-order chi connectivity index (χ0) is 22.2. The van der Waals surface area contributed by atoms with Gasteiger partial charge in [-0.25, -0.2) is 9.80 Å². The first-order valence-electron chi connectivity index (χ1n) is 9.37. The second kappa shape index (κ2) is 7.59. The summed E-state index contributed by atoms with van der Waals surface area (Å²) in [6.07, 6.45) is 0. The van der Waals surface area contributed by atoms with Gasteiger partial charge in [-0.3, -0.25) is 0 Å². The minimum atomic E-state index is -0.742. The molecule has 160 valence electrons. The van der Waals surface area contributed by atoms with E-state index in [2.05, 4.69) is 26.1 Å². The first kappa shape index (κ1) is 19.4. The Morgan fingerprint density at radius 2 is 1.84 bits per heavy atom. The number of rotatable bonds is 4. The number of nitrogens with one attached hydrogen (secondary N) is 1. The molecule has 2 aliphatic rings. The number of carbonyl (C=O) groups excluding carboxylic acids is 1. The molecule has 5 rings (SSSR count). The minimum Gasteiger partial charge on any atom is -0.539 e. The third-order valence-electron chi connectivity index (χ3n) is 4.74. The summed E-state index contributed by atoms with van der Waals surface area (Å²) in [6.45, 7) is 1.94. The molecule has 2 aromatic carbocycles. The van der Waals surface area contributed by atoms with Crippen molar-refractivity contribution in [3.8, 4) is 17.4 Å². The van der Waals surface area contributed by atoms with Gasteiger partial charge in [0.2, 0.25) is 11.5 Å². The smallest absolute Gasteiger partial charge is 0.380 e. The molecule has 0 amide bonds. The van der Waals surface area contributed by atoms with E-state index in [-0.39, 0.29) is 23.0 Å². The van der Waals surface area contributed by atoms with E-state index in [4.69, 9.17) is 14.1 Å². The Labute approximate surface area is 180 Å². The Hall–Kier alpha value is -4.58. The van der Waals surface area contributed by atoms with Gasteiger partial charge < -0.3 is 19.2 Å². The minimum absolute atomic E-state index is 0.000272. The van der Waals surface area contributed by atoms with Crippen molar-refractivity contribution >= 4 is 17.5 Å². The lowest BCUT2D eigenvalue weighted by Crippen LogP contribution is -2.38. The SMILES string of the molecule is COc1ccc(N2NOC(=O)/C2=C2/N=NC(c3c([O-])on[n+]3-c3ccc(C)cc3)=N2)cc1. The molecule has 1 aromatic heterocycles. The van der Waals surface area contributed by atoms with Gasteiger partial charge in [0.25, 0.3) is 5.84 Å². The molecule has 1 saturated heterocycles. The van der Waals surface area contributed by atoms with Crippen LogP contribution in [0.15, 0.2) is 79.8 Å². The molecule has 12 heteroatoms. The highest BCUT2D eigenvalue weighted by Crippen LogP contribution is 2.29. The number of amidine groups is 1. The van der Waals surface area contributed by atoms with E-state index in [1.165, 1.54) is 9.69 Å². The van der Waals surface area contributed by atoms with Crippen molar-refractivity contribution in [1.29, 1.82) is 0 Å². The molecule has 0 aliphatic carbocycles. The molecule has 0 saturated carbocycles. The number of hydrogen-bond acceptors (Lipinski definition) is 11. The van der Waals surface area contributed by atoms with Gasteiger partial charge in [0, 0.05) is 12.1 Å². The van der Waals surface area contributed by atoms with E-state index in [1.807, 2.05) is 19.1 Å². The van der Waals surface area contributed by atoms with Crippen molar-refractivity contribution in [2.24, 2.45) is 15.2 Å². The van der Waals surface area contributed by atoms with Crippen LogP contribution in [-0.2, 0) is 9.63 Å². The number of benzene rings is 2. The van der Waals surface area contributed by atoms with Gasteiger partial charge in [-0.05, 0) is 35.9 Å². The van der Waals surface area contributed by atoms with Crippen LogP contribution in [0.2, 0.25) is 0 Å². The van der Waals surface area contributed by atoms with Crippen LogP contribution in [0, 0.1) is 6.92 Å². The fourth-order valence-corrected chi connectivity index (χ4v) is 3.11. The molecule has 1 fully saturated rings. The van der Waals surface area contributed by atoms with Crippen LogP contribution in [-0.4, -0.2) is 24.2 Å². The first-order chi connectivity index (χ1) is 15.5. The summed E-state index contributed by atoms with van der Waals surface area (Å²) in [7, 11) is 1.55. The van der Waals surface area contributed by atoms with Crippen molar-refractivity contribution in [3.63, 3.8) is 0 Å². The average molecular weight is 433 g/mol. The monoisotopic (exact) mass is 433 g/mol. The average Bonchev–Trinajstić information content (AvgIpc) is 3.52. The molecule has 12 nitrogen and oxygen atoms in total. The van der Waals surface area contributed by atoms with E-state index in [9.17, 15) is 9.90 Å². The van der Waals surface area contributed by atoms with Gasteiger partial charge in [0.05, 0.1) is 18.1 Å². The number of aromatic nitrogens is 2. The molecule has 2 aliphatic heterocycles. The van der Waals surface area contributed by atoms with Crippen molar-refractivity contribution in [3.05, 3.63) is 71.3 Å². The number of nitrogens with zero attached hydrogens (tertiary/aromatic N) is 6. The first-order valence-corrected chi connectivity index (χ1v) is 9.37. The molecule has 3 heterocycles. The number of azo groups is 1. The van der Waals surface area contributed by atoms with Crippen molar-refractivity contribution in [2.45, 2.75) is 6.92 Å². The fraction of sp³-hybridized carbons (Fsp3) is 0.100. The van der Waals surface area contributed by atoms with E-state index in [0.717, 1.165) is 5.56 Å². The third kappa shape index (κ3) is 3.24. The highest BCUT2D eigenvalue weighted by molar-refractivity contribution is 6.01. The van der Waals surface area contributed by atoms with Gasteiger partial charge in [0.15, 0.2) is 11.6 Å². The number of anilines is 1. The molecular formula is C20H15N7O5. The van der Waals surface area contributed by atoms with Crippen LogP contribution < -0.4 is 25.1 Å². The molecule has 0 spiro atoms. The number of aliphatic imine (C=N–C) groups is 1. The summed E-state index contributed by atoms with van der Waals surface area (Å²) >= 11 is 0. The van der Waals surface area contributed by atoms with Crippen LogP contribution in [0.4, 0.5) is 5.69 Å². The van der Waals surface area contributed by atoms with Crippen molar-refractivity contribution < 1.29 is 28.7 Å². The standard InChI is InChI=1S/C20H15N7O5/c1-11-3-5-12(6-4-11)26-15(19(28)31-24-26)17-21-18(23-22-17)16-20(29)32-25-27(16)13-7-9-14(30-2)10-8-13/h3-10H,1-2H3,(H-,21,24,25,28,29). The van der Waals surface area contributed by atoms with Gasteiger partial charge >= 0.3 is 11.7 Å². The third-order valence-corrected chi connectivity index (χ3v) is 4.74. The largest absolute Gasteiger partial charge is 0.539 e. The molecule has 0 bridgehead atoms. The highest BCUT2D eigenvalue weighted by atomic mass is 16.7. The molecule has 0 atom stereocenters. The Kier molecular flexibility index (Phi) is 4.60. The van der Waals surface area contributed by atoms with E-state index in [1.54, 1.807) is 43.5 Å². The normalized spacial score (nSPS) is 17.6. The maximum absolute atomic E-state index is 12.4. The number of hydrogen-bond donors (Lipinski definition) is 1. The van der Waals surface area contributed by atoms with Crippen LogP contribution in [0.3, 0.4) is 0 Å². The van der Waals surface area contributed by atoms with E-state index in [0.29, 0.717) is 17.1 Å². The molecule has 32 heavy (non-hydrogen) atoms. The second-order valence-electron chi connectivity index (χ2n) is 6.78. The number of carbonyl (C=O) groups is 1. The molecular weight excluding hydrogens is 418 g/mol. The quantitative estimate of drug-likeness (QED) is 0.478. The number of aryl methyl sites for hydroxylation is 1.